The molecule has 0 bridgehead atoms. The molecule has 0 aliphatic carbocycles. The van der Waals surface area contributed by atoms with E-state index < -0.39 is 12.4 Å². The number of hydrogen-bond donors (Lipinski definition) is 0. The lowest BCUT2D eigenvalue weighted by atomic mass is 10.2. The molecule has 25 heavy (non-hydrogen) atoms. The molecule has 0 unspecified atom stereocenters. The van der Waals surface area contributed by atoms with Gasteiger partial charge in [-0.2, -0.15) is 10.5 Å². The zero-order valence-electron chi connectivity index (χ0n) is 14.0. The highest BCUT2D eigenvalue weighted by atomic mass is 31.2. The van der Waals surface area contributed by atoms with Crippen LogP contribution in [0.4, 0.5) is 0 Å². The summed E-state index contributed by atoms with van der Waals surface area (Å²) < 4.78 is 0. The van der Waals surface area contributed by atoms with Gasteiger partial charge in [0.1, 0.15) is 35.3 Å². The predicted octanol–water partition coefficient (Wildman–Crippen LogP) is 3.79. The molecule has 0 saturated heterocycles. The Morgan fingerprint density at radius 2 is 0.880 bits per heavy atom. The molecule has 0 amide bonds. The Morgan fingerprint density at radius 3 is 1.12 bits per heavy atom. The summed E-state index contributed by atoms with van der Waals surface area (Å²) in [6, 6.07) is 34.7. The van der Waals surface area contributed by atoms with Gasteiger partial charge in [-0.1, -0.05) is 54.6 Å². The van der Waals surface area contributed by atoms with Crippen molar-refractivity contribution in [3.8, 4) is 12.1 Å². The Hall–Kier alpha value is -2.93. The summed E-state index contributed by atoms with van der Waals surface area (Å²) in [5.74, 6) is 0. The van der Waals surface area contributed by atoms with Crippen LogP contribution in [0.25, 0.3) is 0 Å². The summed E-state index contributed by atoms with van der Waals surface area (Å²) in [4.78, 5) is 0. The van der Waals surface area contributed by atoms with Crippen LogP contribution in [0.2, 0.25) is 0 Å². The molecular weight excluding hydrogens is 323 g/mol. The minimum atomic E-state index is -2.50. The van der Waals surface area contributed by atoms with E-state index in [0.29, 0.717) is 0 Å². The molecular formula is C22H18N2P+. The van der Waals surface area contributed by atoms with Crippen LogP contribution in [0, 0.1) is 22.7 Å². The minimum Gasteiger partial charge on any atom is -0.192 e. The third kappa shape index (κ3) is 2.62. The van der Waals surface area contributed by atoms with E-state index in [1.807, 2.05) is 91.0 Å². The molecule has 3 aromatic rings. The van der Waals surface area contributed by atoms with Crippen LogP contribution in [0.3, 0.4) is 0 Å². The number of nitriles is 2. The fraction of sp³-hybridized carbons (Fsp3) is 0.0909. The van der Waals surface area contributed by atoms with Crippen molar-refractivity contribution in [2.24, 2.45) is 0 Å². The molecule has 3 aromatic carbocycles. The molecule has 0 spiro atoms. The second-order valence-electron chi connectivity index (χ2n) is 5.97. The highest BCUT2D eigenvalue weighted by Gasteiger charge is 2.61. The van der Waals surface area contributed by atoms with Crippen LogP contribution in [0.1, 0.15) is 6.92 Å². The first kappa shape index (κ1) is 16.9. The Bertz CT molecular complexity index is 812. The lowest BCUT2D eigenvalue weighted by molar-refractivity contribution is 1.01. The summed E-state index contributed by atoms with van der Waals surface area (Å²) in [5, 5.41) is 22.1. The van der Waals surface area contributed by atoms with E-state index in [-0.39, 0.29) is 0 Å². The number of hydrogen-bond acceptors (Lipinski definition) is 2. The third-order valence-corrected chi connectivity index (χ3v) is 9.30. The van der Waals surface area contributed by atoms with Crippen molar-refractivity contribution in [2.45, 2.75) is 12.1 Å². The number of benzene rings is 3. The summed E-state index contributed by atoms with van der Waals surface area (Å²) in [7, 11) is -2.50. The molecule has 3 rings (SSSR count). The van der Waals surface area contributed by atoms with Gasteiger partial charge in [-0.3, -0.25) is 0 Å². The highest BCUT2D eigenvalue weighted by molar-refractivity contribution is 7.97. The van der Waals surface area contributed by atoms with Crippen molar-refractivity contribution in [2.75, 3.05) is 0 Å². The first-order valence-corrected chi connectivity index (χ1v) is 9.86. The van der Waals surface area contributed by atoms with Crippen molar-refractivity contribution >= 4 is 23.2 Å². The molecule has 0 heterocycles. The first-order valence-electron chi connectivity index (χ1n) is 8.07. The maximum absolute atomic E-state index is 10.1. The smallest absolute Gasteiger partial charge is 0.192 e. The highest BCUT2D eigenvalue weighted by Crippen LogP contribution is 2.65. The van der Waals surface area contributed by atoms with Crippen molar-refractivity contribution < 1.29 is 0 Å². The molecule has 0 aliphatic heterocycles. The van der Waals surface area contributed by atoms with Gasteiger partial charge >= 0.3 is 0 Å². The second kappa shape index (κ2) is 6.90. The standard InChI is InChI=1S/C22H18N2P/c1-22(17-23,18-24)25(19-11-5-2-6-12-19,20-13-7-3-8-14-20)21-15-9-4-10-16-21/h2-16H,1H3/q+1. The predicted molar refractivity (Wildman–Crippen MR) is 105 cm³/mol. The number of nitrogens with zero attached hydrogens (tertiary/aromatic N) is 2. The molecule has 0 atom stereocenters. The van der Waals surface area contributed by atoms with E-state index in [2.05, 4.69) is 12.1 Å². The Balaban J connectivity index is 2.50. The van der Waals surface area contributed by atoms with Crippen LogP contribution in [-0.4, -0.2) is 5.16 Å². The molecule has 0 aliphatic rings. The van der Waals surface area contributed by atoms with E-state index in [9.17, 15) is 10.5 Å². The zero-order valence-corrected chi connectivity index (χ0v) is 14.9. The van der Waals surface area contributed by atoms with Crippen LogP contribution in [0.15, 0.2) is 91.0 Å². The zero-order chi connectivity index (χ0) is 17.8. The summed E-state index contributed by atoms with van der Waals surface area (Å²) >= 11 is 0. The van der Waals surface area contributed by atoms with Gasteiger partial charge in [0.25, 0.3) is 5.16 Å². The Morgan fingerprint density at radius 1 is 0.600 bits per heavy atom. The van der Waals surface area contributed by atoms with E-state index in [0.717, 1.165) is 15.9 Å². The van der Waals surface area contributed by atoms with Crippen LogP contribution < -0.4 is 15.9 Å². The first-order chi connectivity index (χ1) is 12.2. The lowest BCUT2D eigenvalue weighted by Crippen LogP contribution is -2.44. The van der Waals surface area contributed by atoms with Crippen molar-refractivity contribution in [1.82, 2.24) is 0 Å². The van der Waals surface area contributed by atoms with E-state index in [4.69, 9.17) is 0 Å². The lowest BCUT2D eigenvalue weighted by Gasteiger charge is -2.33. The average Bonchev–Trinajstić information content (AvgIpc) is 2.71. The molecule has 0 radical (unpaired) electrons. The van der Waals surface area contributed by atoms with Crippen LogP contribution in [-0.2, 0) is 0 Å². The molecule has 3 heteroatoms. The Kier molecular flexibility index (Phi) is 4.67. The van der Waals surface area contributed by atoms with Gasteiger partial charge in [0.15, 0.2) is 0 Å². The maximum Gasteiger partial charge on any atom is 0.259 e. The average molecular weight is 341 g/mol. The summed E-state index contributed by atoms with van der Waals surface area (Å²) in [5.41, 5.74) is 0. The van der Waals surface area contributed by atoms with Gasteiger partial charge in [-0.15, -0.1) is 0 Å². The quantitative estimate of drug-likeness (QED) is 0.678. The van der Waals surface area contributed by atoms with Crippen LogP contribution in [0.5, 0.6) is 0 Å². The maximum atomic E-state index is 10.1. The Labute approximate surface area is 149 Å². The van der Waals surface area contributed by atoms with Crippen molar-refractivity contribution in [1.29, 1.82) is 10.5 Å². The minimum absolute atomic E-state index is 1.04. The molecule has 0 aromatic heterocycles. The van der Waals surface area contributed by atoms with Crippen molar-refractivity contribution in [3.05, 3.63) is 91.0 Å². The van der Waals surface area contributed by atoms with E-state index >= 15 is 0 Å². The molecule has 0 fully saturated rings. The molecule has 0 saturated carbocycles. The van der Waals surface area contributed by atoms with Gasteiger partial charge in [0.05, 0.1) is 0 Å². The van der Waals surface area contributed by atoms with Crippen molar-refractivity contribution in [3.63, 3.8) is 0 Å². The van der Waals surface area contributed by atoms with Gasteiger partial charge < -0.3 is 0 Å². The normalized spacial score (nSPS) is 11.3. The van der Waals surface area contributed by atoms with Gasteiger partial charge in [0.2, 0.25) is 0 Å². The second-order valence-corrected chi connectivity index (χ2v) is 9.76. The van der Waals surface area contributed by atoms with Gasteiger partial charge in [0, 0.05) is 6.92 Å². The summed E-state index contributed by atoms with van der Waals surface area (Å²) in [6.07, 6.45) is 0. The largest absolute Gasteiger partial charge is 0.259 e. The van der Waals surface area contributed by atoms with Crippen LogP contribution >= 0.6 is 7.26 Å². The summed E-state index contributed by atoms with van der Waals surface area (Å²) in [6.45, 7) is 1.77. The monoisotopic (exact) mass is 341 g/mol. The van der Waals surface area contributed by atoms with Gasteiger partial charge in [-0.25, -0.2) is 0 Å². The fourth-order valence-electron chi connectivity index (χ4n) is 3.35. The fourth-order valence-corrected chi connectivity index (χ4v) is 7.95. The van der Waals surface area contributed by atoms with Gasteiger partial charge in [-0.05, 0) is 36.4 Å². The number of rotatable bonds is 4. The molecule has 120 valence electrons. The third-order valence-electron chi connectivity index (χ3n) is 4.54. The topological polar surface area (TPSA) is 47.6 Å². The molecule has 0 N–H and O–H groups in total. The molecule has 2 nitrogen and oxygen atoms in total. The SMILES string of the molecule is CC(C#N)(C#N)[P+](c1ccccc1)(c1ccccc1)c1ccccc1. The van der Waals surface area contributed by atoms with E-state index in [1.165, 1.54) is 0 Å². The van der Waals surface area contributed by atoms with E-state index in [1.54, 1.807) is 6.92 Å².